The third-order valence-corrected chi connectivity index (χ3v) is 3.74. The maximum Gasteiger partial charge on any atom is 0.148 e. The number of hydrogen-bond donors (Lipinski definition) is 1. The van der Waals surface area contributed by atoms with Crippen LogP contribution >= 0.6 is 0 Å². The van der Waals surface area contributed by atoms with E-state index in [9.17, 15) is 0 Å². The second kappa shape index (κ2) is 4.61. The third kappa shape index (κ3) is 2.75. The van der Waals surface area contributed by atoms with Crippen LogP contribution in [0.2, 0.25) is 0 Å². The molecule has 1 aromatic rings. The van der Waals surface area contributed by atoms with E-state index in [1.165, 1.54) is 32.4 Å². The van der Waals surface area contributed by atoms with Crippen LogP contribution in [-0.2, 0) is 0 Å². The molecule has 1 saturated carbocycles. The van der Waals surface area contributed by atoms with Gasteiger partial charge in [0.25, 0.3) is 0 Å². The zero-order valence-corrected chi connectivity index (χ0v) is 10.4. The first-order valence-electron chi connectivity index (χ1n) is 6.58. The number of anilines is 1. The zero-order valence-electron chi connectivity index (χ0n) is 10.4. The van der Waals surface area contributed by atoms with Gasteiger partial charge in [-0.05, 0) is 50.3 Å². The van der Waals surface area contributed by atoms with Crippen molar-refractivity contribution in [1.29, 1.82) is 0 Å². The monoisotopic (exact) mass is 232 g/mol. The van der Waals surface area contributed by atoms with E-state index in [1.54, 1.807) is 6.20 Å². The van der Waals surface area contributed by atoms with Gasteiger partial charge in [0, 0.05) is 19.1 Å². The molecule has 1 aliphatic heterocycles. The first-order chi connectivity index (χ1) is 8.31. The Morgan fingerprint density at radius 3 is 3.06 bits per heavy atom. The summed E-state index contributed by atoms with van der Waals surface area (Å²) in [7, 11) is 0. The van der Waals surface area contributed by atoms with E-state index in [0.29, 0.717) is 0 Å². The lowest BCUT2D eigenvalue weighted by Crippen LogP contribution is -2.25. The van der Waals surface area contributed by atoms with E-state index >= 15 is 0 Å². The van der Waals surface area contributed by atoms with E-state index in [4.69, 9.17) is 0 Å². The lowest BCUT2D eigenvalue weighted by Gasteiger charge is -2.15. The Labute approximate surface area is 102 Å². The van der Waals surface area contributed by atoms with Gasteiger partial charge in [-0.25, -0.2) is 0 Å². The molecule has 1 unspecified atom stereocenters. The highest BCUT2D eigenvalue weighted by Crippen LogP contribution is 2.31. The van der Waals surface area contributed by atoms with Crippen LogP contribution in [0, 0.1) is 12.8 Å². The van der Waals surface area contributed by atoms with Gasteiger partial charge in [0.05, 0.1) is 6.20 Å². The molecule has 17 heavy (non-hydrogen) atoms. The number of nitrogens with one attached hydrogen (secondary N) is 1. The highest BCUT2D eigenvalue weighted by Gasteiger charge is 2.34. The van der Waals surface area contributed by atoms with Gasteiger partial charge >= 0.3 is 0 Å². The van der Waals surface area contributed by atoms with Gasteiger partial charge in [-0.1, -0.05) is 0 Å². The normalized spacial score (nSPS) is 25.1. The van der Waals surface area contributed by atoms with Crippen molar-refractivity contribution < 1.29 is 0 Å². The van der Waals surface area contributed by atoms with Crippen LogP contribution in [0.4, 0.5) is 5.82 Å². The maximum absolute atomic E-state index is 4.09. The van der Waals surface area contributed by atoms with Crippen LogP contribution in [0.1, 0.15) is 24.8 Å². The van der Waals surface area contributed by atoms with Gasteiger partial charge in [-0.3, -0.25) is 0 Å². The Kier molecular flexibility index (Phi) is 2.97. The topological polar surface area (TPSA) is 41.1 Å². The summed E-state index contributed by atoms with van der Waals surface area (Å²) in [5, 5.41) is 11.5. The average molecular weight is 232 g/mol. The van der Waals surface area contributed by atoms with Crippen LogP contribution in [0.3, 0.4) is 0 Å². The molecule has 4 heteroatoms. The second-order valence-electron chi connectivity index (χ2n) is 5.38. The van der Waals surface area contributed by atoms with Gasteiger partial charge in [0.2, 0.25) is 0 Å². The average Bonchev–Trinajstić information content (AvgIpc) is 3.07. The summed E-state index contributed by atoms with van der Waals surface area (Å²) in [6.07, 6.45) is 5.95. The van der Waals surface area contributed by atoms with Crippen molar-refractivity contribution in [3.05, 3.63) is 17.8 Å². The third-order valence-electron chi connectivity index (χ3n) is 3.74. The highest BCUT2D eigenvalue weighted by atomic mass is 15.2. The molecule has 2 aliphatic rings. The fraction of sp³-hybridized carbons (Fsp3) is 0.692. The number of rotatable bonds is 4. The summed E-state index contributed by atoms with van der Waals surface area (Å²) in [5.74, 6) is 1.69. The van der Waals surface area contributed by atoms with Gasteiger partial charge in [0.1, 0.15) is 5.82 Å². The molecule has 92 valence electrons. The molecule has 0 spiro atoms. The molecule has 0 bridgehead atoms. The number of hydrogen-bond acceptors (Lipinski definition) is 4. The van der Waals surface area contributed by atoms with Crippen LogP contribution in [0.5, 0.6) is 0 Å². The van der Waals surface area contributed by atoms with Gasteiger partial charge in [-0.15, -0.1) is 5.10 Å². The van der Waals surface area contributed by atoms with E-state index in [2.05, 4.69) is 26.5 Å². The quantitative estimate of drug-likeness (QED) is 0.857. The summed E-state index contributed by atoms with van der Waals surface area (Å²) in [6.45, 7) is 5.62. The van der Waals surface area contributed by atoms with Crippen molar-refractivity contribution >= 4 is 5.82 Å². The van der Waals surface area contributed by atoms with E-state index in [-0.39, 0.29) is 0 Å². The van der Waals surface area contributed by atoms with Crippen molar-refractivity contribution in [1.82, 2.24) is 15.1 Å². The summed E-state index contributed by atoms with van der Waals surface area (Å²) >= 11 is 0. The first kappa shape index (κ1) is 11.0. The van der Waals surface area contributed by atoms with Crippen molar-refractivity contribution in [2.75, 3.05) is 25.0 Å². The summed E-state index contributed by atoms with van der Waals surface area (Å²) in [6, 6.07) is 2.97. The Morgan fingerprint density at radius 2 is 2.29 bits per heavy atom. The van der Waals surface area contributed by atoms with Crippen LogP contribution < -0.4 is 5.32 Å². The van der Waals surface area contributed by atoms with Crippen molar-refractivity contribution in [3.8, 4) is 0 Å². The fourth-order valence-corrected chi connectivity index (χ4v) is 2.60. The molecule has 1 aliphatic carbocycles. The largest absolute Gasteiger partial charge is 0.368 e. The number of aryl methyl sites for hydroxylation is 1. The molecule has 2 heterocycles. The molecule has 1 N–H and O–H groups in total. The predicted octanol–water partition coefficient (Wildman–Crippen LogP) is 1.68. The zero-order chi connectivity index (χ0) is 11.7. The molecular weight excluding hydrogens is 212 g/mol. The number of aromatic nitrogens is 2. The molecule has 2 fully saturated rings. The number of likely N-dealkylation sites (tertiary alicyclic amines) is 1. The Balaban J connectivity index is 1.48. The van der Waals surface area contributed by atoms with Crippen molar-refractivity contribution in [3.63, 3.8) is 0 Å². The summed E-state index contributed by atoms with van der Waals surface area (Å²) < 4.78 is 0. The molecule has 1 aromatic heterocycles. The van der Waals surface area contributed by atoms with E-state index in [0.717, 1.165) is 29.9 Å². The van der Waals surface area contributed by atoms with Gasteiger partial charge < -0.3 is 10.2 Å². The SMILES string of the molecule is Cc1cnnc(NCC2CCN(C3CC3)C2)c1. The van der Waals surface area contributed by atoms with Gasteiger partial charge in [-0.2, -0.15) is 5.10 Å². The molecule has 1 atom stereocenters. The maximum atomic E-state index is 4.09. The van der Waals surface area contributed by atoms with Crippen LogP contribution in [-0.4, -0.2) is 40.8 Å². The van der Waals surface area contributed by atoms with Crippen molar-refractivity contribution in [2.45, 2.75) is 32.2 Å². The second-order valence-corrected chi connectivity index (χ2v) is 5.38. The minimum Gasteiger partial charge on any atom is -0.368 e. The molecule has 1 saturated heterocycles. The molecule has 0 radical (unpaired) electrons. The highest BCUT2D eigenvalue weighted by molar-refractivity contribution is 5.35. The predicted molar refractivity (Wildman–Crippen MR) is 68.0 cm³/mol. The molecule has 4 nitrogen and oxygen atoms in total. The smallest absolute Gasteiger partial charge is 0.148 e. The number of nitrogens with zero attached hydrogens (tertiary/aromatic N) is 3. The van der Waals surface area contributed by atoms with Gasteiger partial charge in [0.15, 0.2) is 0 Å². The Morgan fingerprint density at radius 1 is 1.41 bits per heavy atom. The summed E-state index contributed by atoms with van der Waals surface area (Å²) in [4.78, 5) is 2.65. The van der Waals surface area contributed by atoms with Crippen LogP contribution in [0.25, 0.3) is 0 Å². The van der Waals surface area contributed by atoms with Crippen LogP contribution in [0.15, 0.2) is 12.3 Å². The lowest BCUT2D eigenvalue weighted by molar-refractivity contribution is 0.316. The minimum atomic E-state index is 0.776. The minimum absolute atomic E-state index is 0.776. The molecular formula is C13H20N4. The first-order valence-corrected chi connectivity index (χ1v) is 6.58. The lowest BCUT2D eigenvalue weighted by atomic mass is 10.1. The van der Waals surface area contributed by atoms with Crippen molar-refractivity contribution in [2.24, 2.45) is 5.92 Å². The fourth-order valence-electron chi connectivity index (χ4n) is 2.60. The standard InChI is InChI=1S/C13H20N4/c1-10-6-13(16-15-7-10)14-8-11-4-5-17(9-11)12-2-3-12/h6-7,11-12H,2-5,8-9H2,1H3,(H,14,16). The summed E-state index contributed by atoms with van der Waals surface area (Å²) in [5.41, 5.74) is 1.16. The molecule has 0 aromatic carbocycles. The van der Waals surface area contributed by atoms with E-state index in [1.807, 2.05) is 6.92 Å². The Bertz CT molecular complexity index is 389. The molecule has 3 rings (SSSR count). The van der Waals surface area contributed by atoms with E-state index < -0.39 is 0 Å². The molecule has 0 amide bonds. The Hall–Kier alpha value is -1.16.